The van der Waals surface area contributed by atoms with Gasteiger partial charge in [-0.25, -0.2) is 0 Å². The molecule has 4 heteroatoms. The molecule has 4 nitrogen and oxygen atoms in total. The van der Waals surface area contributed by atoms with Gasteiger partial charge in [0.05, 0.1) is 6.10 Å². The third-order valence-electron chi connectivity index (χ3n) is 5.25. The summed E-state index contributed by atoms with van der Waals surface area (Å²) in [6.07, 6.45) is 7.27. The Morgan fingerprint density at radius 3 is 2.40 bits per heavy atom. The number of aliphatic hydroxyl groups excluding tert-OH is 1. The van der Waals surface area contributed by atoms with Crippen molar-refractivity contribution >= 4 is 22.8 Å². The Morgan fingerprint density at radius 2 is 1.70 bits per heavy atom. The first-order chi connectivity index (χ1) is 14.6. The largest absolute Gasteiger partial charge is 0.390 e. The maximum atomic E-state index is 12.4. The van der Waals surface area contributed by atoms with E-state index in [1.807, 2.05) is 54.7 Å². The molecular formula is C26H32N2O2. The molecule has 0 amide bonds. The summed E-state index contributed by atoms with van der Waals surface area (Å²) < 4.78 is 2.10. The number of para-hydroxylation sites is 1. The number of benzene rings is 2. The number of rotatable bonds is 11. The normalized spacial score (nSPS) is 12.8. The number of hydrogen-bond donors (Lipinski definition) is 1. The van der Waals surface area contributed by atoms with Crippen LogP contribution in [0.3, 0.4) is 0 Å². The van der Waals surface area contributed by atoms with Gasteiger partial charge in [-0.2, -0.15) is 0 Å². The van der Waals surface area contributed by atoms with Crippen molar-refractivity contribution in [2.45, 2.75) is 39.3 Å². The monoisotopic (exact) mass is 404 g/mol. The zero-order valence-electron chi connectivity index (χ0n) is 18.0. The first kappa shape index (κ1) is 22.0. The highest BCUT2D eigenvalue weighted by atomic mass is 16.3. The van der Waals surface area contributed by atoms with Crippen molar-refractivity contribution < 1.29 is 9.90 Å². The van der Waals surface area contributed by atoms with E-state index in [1.54, 1.807) is 6.08 Å². The molecule has 1 N–H and O–H groups in total. The van der Waals surface area contributed by atoms with Gasteiger partial charge in [0, 0.05) is 41.3 Å². The number of aromatic nitrogens is 1. The van der Waals surface area contributed by atoms with E-state index in [0.717, 1.165) is 42.4 Å². The Morgan fingerprint density at radius 1 is 1.03 bits per heavy atom. The molecule has 0 saturated carbocycles. The topological polar surface area (TPSA) is 45.5 Å². The van der Waals surface area contributed by atoms with E-state index in [9.17, 15) is 9.90 Å². The Bertz CT molecular complexity index is 969. The first-order valence-corrected chi connectivity index (χ1v) is 10.9. The van der Waals surface area contributed by atoms with Crippen molar-refractivity contribution in [1.29, 1.82) is 0 Å². The standard InChI is InChI=1S/C26H32N2O2/c1-3-16-27(17-4-2)19-23(29)20-28-18-22(24-12-8-9-13-25(24)28)14-15-26(30)21-10-6-5-7-11-21/h5-15,18,23,29H,3-4,16-17,19-20H2,1-2H3/b15-14-/t23-/m0/s1. The maximum absolute atomic E-state index is 12.4. The fraction of sp³-hybridized carbons (Fsp3) is 0.346. The third-order valence-corrected chi connectivity index (χ3v) is 5.25. The second-order valence-electron chi connectivity index (χ2n) is 7.77. The molecule has 0 radical (unpaired) electrons. The molecule has 1 aromatic heterocycles. The zero-order chi connectivity index (χ0) is 21.3. The van der Waals surface area contributed by atoms with E-state index in [2.05, 4.69) is 35.4 Å². The van der Waals surface area contributed by atoms with Gasteiger partial charge in [0.25, 0.3) is 0 Å². The Balaban J connectivity index is 1.78. The average Bonchev–Trinajstić information content (AvgIpc) is 3.10. The Hall–Kier alpha value is -2.69. The number of carbonyl (C=O) groups excluding carboxylic acids is 1. The van der Waals surface area contributed by atoms with Crippen molar-refractivity contribution in [3.63, 3.8) is 0 Å². The van der Waals surface area contributed by atoms with Crippen LogP contribution in [0.2, 0.25) is 0 Å². The summed E-state index contributed by atoms with van der Waals surface area (Å²) in [5.74, 6) is -0.0118. The summed E-state index contributed by atoms with van der Waals surface area (Å²) in [5, 5.41) is 11.8. The van der Waals surface area contributed by atoms with E-state index >= 15 is 0 Å². The lowest BCUT2D eigenvalue weighted by atomic mass is 10.1. The second kappa shape index (κ2) is 10.9. The minimum absolute atomic E-state index is 0.0118. The number of carbonyl (C=O) groups is 1. The van der Waals surface area contributed by atoms with Crippen LogP contribution < -0.4 is 0 Å². The molecule has 0 aliphatic carbocycles. The molecule has 0 aliphatic heterocycles. The molecule has 3 aromatic rings. The van der Waals surface area contributed by atoms with Crippen molar-refractivity contribution in [3.05, 3.63) is 78.0 Å². The molecule has 0 spiro atoms. The zero-order valence-corrected chi connectivity index (χ0v) is 18.0. The molecule has 158 valence electrons. The van der Waals surface area contributed by atoms with Crippen LogP contribution in [0.4, 0.5) is 0 Å². The number of aliphatic hydroxyl groups is 1. The van der Waals surface area contributed by atoms with Gasteiger partial charge >= 0.3 is 0 Å². The maximum Gasteiger partial charge on any atom is 0.185 e. The highest BCUT2D eigenvalue weighted by Crippen LogP contribution is 2.23. The highest BCUT2D eigenvalue weighted by molar-refractivity contribution is 6.07. The smallest absolute Gasteiger partial charge is 0.185 e. The van der Waals surface area contributed by atoms with Crippen molar-refractivity contribution in [1.82, 2.24) is 9.47 Å². The van der Waals surface area contributed by atoms with Crippen LogP contribution in [0.25, 0.3) is 17.0 Å². The summed E-state index contributed by atoms with van der Waals surface area (Å²) in [6, 6.07) is 17.4. The summed E-state index contributed by atoms with van der Waals surface area (Å²) in [4.78, 5) is 14.8. The van der Waals surface area contributed by atoms with E-state index < -0.39 is 6.10 Å². The molecule has 1 atom stereocenters. The summed E-state index contributed by atoms with van der Waals surface area (Å²) in [6.45, 7) is 7.56. The van der Waals surface area contributed by atoms with E-state index in [0.29, 0.717) is 18.7 Å². The molecular weight excluding hydrogens is 372 g/mol. The lowest BCUT2D eigenvalue weighted by Crippen LogP contribution is -2.35. The van der Waals surface area contributed by atoms with Crippen molar-refractivity contribution in [2.75, 3.05) is 19.6 Å². The predicted octanol–water partition coefficient (Wildman–Crippen LogP) is 5.02. The molecule has 0 aliphatic rings. The average molecular weight is 405 g/mol. The number of allylic oxidation sites excluding steroid dienone is 1. The van der Waals surface area contributed by atoms with Crippen LogP contribution in [-0.2, 0) is 6.54 Å². The molecule has 0 fully saturated rings. The Kier molecular flexibility index (Phi) is 8.00. The van der Waals surface area contributed by atoms with E-state index in [4.69, 9.17) is 0 Å². The lowest BCUT2D eigenvalue weighted by Gasteiger charge is -2.24. The van der Waals surface area contributed by atoms with E-state index in [-0.39, 0.29) is 5.78 Å². The molecule has 3 rings (SSSR count). The van der Waals surface area contributed by atoms with Gasteiger partial charge in [-0.05, 0) is 44.1 Å². The van der Waals surface area contributed by atoms with Gasteiger partial charge in [0.2, 0.25) is 0 Å². The second-order valence-corrected chi connectivity index (χ2v) is 7.77. The number of fused-ring (bicyclic) bond motifs is 1. The quantitative estimate of drug-likeness (QED) is 0.360. The summed E-state index contributed by atoms with van der Waals surface area (Å²) in [7, 11) is 0. The number of nitrogens with zero attached hydrogens (tertiary/aromatic N) is 2. The fourth-order valence-electron chi connectivity index (χ4n) is 3.93. The number of hydrogen-bond acceptors (Lipinski definition) is 3. The molecule has 0 unspecified atom stereocenters. The van der Waals surface area contributed by atoms with Crippen LogP contribution in [-0.4, -0.2) is 46.1 Å². The number of ketones is 1. The molecule has 30 heavy (non-hydrogen) atoms. The van der Waals surface area contributed by atoms with Crippen LogP contribution in [0.5, 0.6) is 0 Å². The van der Waals surface area contributed by atoms with Crippen LogP contribution >= 0.6 is 0 Å². The summed E-state index contributed by atoms with van der Waals surface area (Å²) >= 11 is 0. The first-order valence-electron chi connectivity index (χ1n) is 10.9. The predicted molar refractivity (Wildman–Crippen MR) is 125 cm³/mol. The lowest BCUT2D eigenvalue weighted by molar-refractivity contribution is 0.0988. The minimum Gasteiger partial charge on any atom is -0.390 e. The van der Waals surface area contributed by atoms with Crippen molar-refractivity contribution in [2.24, 2.45) is 0 Å². The van der Waals surface area contributed by atoms with Crippen molar-refractivity contribution in [3.8, 4) is 0 Å². The fourth-order valence-corrected chi connectivity index (χ4v) is 3.93. The minimum atomic E-state index is -0.443. The van der Waals surface area contributed by atoms with E-state index in [1.165, 1.54) is 0 Å². The highest BCUT2D eigenvalue weighted by Gasteiger charge is 2.14. The van der Waals surface area contributed by atoms with Gasteiger partial charge < -0.3 is 14.6 Å². The third kappa shape index (κ3) is 5.68. The van der Waals surface area contributed by atoms with Gasteiger partial charge in [0.1, 0.15) is 0 Å². The van der Waals surface area contributed by atoms with Gasteiger partial charge in [0.15, 0.2) is 5.78 Å². The molecule has 0 bridgehead atoms. The molecule has 1 heterocycles. The van der Waals surface area contributed by atoms with Crippen LogP contribution in [0, 0.1) is 0 Å². The Labute approximate surface area is 179 Å². The van der Waals surface area contributed by atoms with Crippen LogP contribution in [0.1, 0.15) is 42.6 Å². The van der Waals surface area contributed by atoms with Gasteiger partial charge in [-0.15, -0.1) is 0 Å². The van der Waals surface area contributed by atoms with Gasteiger partial charge in [-0.3, -0.25) is 4.79 Å². The summed E-state index contributed by atoms with van der Waals surface area (Å²) in [5.41, 5.74) is 2.74. The SMILES string of the molecule is CCCN(CCC)C[C@H](O)Cn1cc(/C=C\C(=O)c2ccccc2)c2ccccc21. The molecule has 2 aromatic carbocycles. The van der Waals surface area contributed by atoms with Gasteiger partial charge in [-0.1, -0.05) is 62.4 Å². The van der Waals surface area contributed by atoms with Crippen LogP contribution in [0.15, 0.2) is 66.9 Å². The molecule has 0 saturated heterocycles.